The average Bonchev–Trinajstić information content (AvgIpc) is 1.78. The third kappa shape index (κ3) is 1.93. The first-order chi connectivity index (χ1) is 4.33. The normalized spacial score (nSPS) is 22.0. The van der Waals surface area contributed by atoms with Crippen LogP contribution in [-0.2, 0) is 4.84 Å². The topological polar surface area (TPSA) is 24.5 Å². The Balaban J connectivity index is 1.91. The Bertz CT molecular complexity index is 81.1. The summed E-state index contributed by atoms with van der Waals surface area (Å²) in [6.07, 6.45) is 0. The van der Waals surface area contributed by atoms with Gasteiger partial charge >= 0.3 is 0 Å². The minimum Gasteiger partial charge on any atom is -0.303 e. The first kappa shape index (κ1) is 6.99. The van der Waals surface area contributed by atoms with Crippen molar-refractivity contribution in [2.45, 2.75) is 13.0 Å². The van der Waals surface area contributed by atoms with Crippen LogP contribution in [0.2, 0.25) is 0 Å². The third-order valence-corrected chi connectivity index (χ3v) is 1.46. The van der Waals surface area contributed by atoms with Gasteiger partial charge in [0.25, 0.3) is 0 Å². The predicted octanol–water partition coefficient (Wildman–Crippen LogP) is -0.159. The zero-order valence-corrected chi connectivity index (χ0v) is 6.05. The van der Waals surface area contributed by atoms with Gasteiger partial charge in [-0.1, -0.05) is 0 Å². The van der Waals surface area contributed by atoms with Gasteiger partial charge in [0.15, 0.2) is 0 Å². The summed E-state index contributed by atoms with van der Waals surface area (Å²) < 4.78 is 0. The molecule has 0 atom stereocenters. The molecule has 0 spiro atoms. The van der Waals surface area contributed by atoms with E-state index in [2.05, 4.69) is 17.4 Å². The second-order valence-electron chi connectivity index (χ2n) is 2.47. The molecule has 1 N–H and O–H groups in total. The van der Waals surface area contributed by atoms with Gasteiger partial charge in [-0.25, -0.2) is 0 Å². The molecule has 0 radical (unpaired) electrons. The third-order valence-electron chi connectivity index (χ3n) is 1.46. The Morgan fingerprint density at radius 2 is 2.33 bits per heavy atom. The molecule has 0 aromatic rings. The molecule has 1 rings (SSSR count). The number of likely N-dealkylation sites (tertiary alicyclic amines) is 1. The lowest BCUT2D eigenvalue weighted by atomic mass is 10.2. The molecular formula is C6H14N2O. The Kier molecular flexibility index (Phi) is 2.45. The van der Waals surface area contributed by atoms with E-state index in [0.717, 1.165) is 19.7 Å². The lowest BCUT2D eigenvalue weighted by Crippen LogP contribution is -2.55. The minimum absolute atomic E-state index is 0.565. The van der Waals surface area contributed by atoms with Crippen LogP contribution in [0.5, 0.6) is 0 Å². The van der Waals surface area contributed by atoms with Crippen molar-refractivity contribution in [1.29, 1.82) is 0 Å². The number of hydroxylamine groups is 1. The van der Waals surface area contributed by atoms with Gasteiger partial charge in [-0.05, 0) is 14.0 Å². The maximum atomic E-state index is 5.01. The number of nitrogens with zero attached hydrogens (tertiary/aromatic N) is 1. The monoisotopic (exact) mass is 130 g/mol. The summed E-state index contributed by atoms with van der Waals surface area (Å²) in [7, 11) is 2.10. The van der Waals surface area contributed by atoms with Gasteiger partial charge in [-0.15, -0.1) is 0 Å². The van der Waals surface area contributed by atoms with Crippen LogP contribution in [0.25, 0.3) is 0 Å². The fraction of sp³-hybridized carbons (Fsp3) is 1.00. The van der Waals surface area contributed by atoms with Crippen LogP contribution in [0.3, 0.4) is 0 Å². The van der Waals surface area contributed by atoms with Crippen molar-refractivity contribution >= 4 is 0 Å². The lowest BCUT2D eigenvalue weighted by molar-refractivity contribution is -0.0198. The maximum absolute atomic E-state index is 5.01. The highest BCUT2D eigenvalue weighted by Crippen LogP contribution is 2.02. The molecule has 9 heavy (non-hydrogen) atoms. The zero-order chi connectivity index (χ0) is 6.69. The summed E-state index contributed by atoms with van der Waals surface area (Å²) in [6, 6.07) is 0.565. The van der Waals surface area contributed by atoms with Gasteiger partial charge in [0.2, 0.25) is 0 Å². The SMILES string of the molecule is CCONC1CN(C)C1. The van der Waals surface area contributed by atoms with E-state index in [-0.39, 0.29) is 0 Å². The number of nitrogens with one attached hydrogen (secondary N) is 1. The molecule has 0 saturated carbocycles. The molecule has 0 aromatic heterocycles. The summed E-state index contributed by atoms with van der Waals surface area (Å²) in [5.41, 5.74) is 2.96. The number of hydrogen-bond acceptors (Lipinski definition) is 3. The molecule has 0 bridgehead atoms. The molecule has 1 aliphatic heterocycles. The van der Waals surface area contributed by atoms with Gasteiger partial charge in [0.1, 0.15) is 0 Å². The zero-order valence-electron chi connectivity index (χ0n) is 6.05. The Morgan fingerprint density at radius 3 is 2.78 bits per heavy atom. The molecule has 3 heteroatoms. The summed E-state index contributed by atoms with van der Waals surface area (Å²) in [5, 5.41) is 0. The van der Waals surface area contributed by atoms with E-state index in [0.29, 0.717) is 6.04 Å². The quantitative estimate of drug-likeness (QED) is 0.537. The second-order valence-corrected chi connectivity index (χ2v) is 2.47. The highest BCUT2D eigenvalue weighted by Gasteiger charge is 2.22. The van der Waals surface area contributed by atoms with E-state index in [4.69, 9.17) is 4.84 Å². The van der Waals surface area contributed by atoms with Gasteiger partial charge in [-0.2, -0.15) is 5.48 Å². The standard InChI is InChI=1S/C6H14N2O/c1-3-9-7-6-4-8(2)5-6/h6-7H,3-5H2,1-2H3. The van der Waals surface area contributed by atoms with Crippen molar-refractivity contribution < 1.29 is 4.84 Å². The van der Waals surface area contributed by atoms with Crippen LogP contribution in [0.1, 0.15) is 6.92 Å². The molecule has 0 amide bonds. The van der Waals surface area contributed by atoms with Crippen molar-refractivity contribution in [3.63, 3.8) is 0 Å². The van der Waals surface area contributed by atoms with E-state index in [1.54, 1.807) is 0 Å². The first-order valence-corrected chi connectivity index (χ1v) is 3.38. The largest absolute Gasteiger partial charge is 0.303 e. The van der Waals surface area contributed by atoms with Crippen molar-refractivity contribution in [2.75, 3.05) is 26.7 Å². The van der Waals surface area contributed by atoms with Crippen LogP contribution >= 0.6 is 0 Å². The highest BCUT2D eigenvalue weighted by atomic mass is 16.6. The first-order valence-electron chi connectivity index (χ1n) is 3.38. The average molecular weight is 130 g/mol. The van der Waals surface area contributed by atoms with Gasteiger partial charge < -0.3 is 9.74 Å². The van der Waals surface area contributed by atoms with Crippen LogP contribution in [0.4, 0.5) is 0 Å². The smallest absolute Gasteiger partial charge is 0.0654 e. The van der Waals surface area contributed by atoms with Crippen molar-refractivity contribution in [3.8, 4) is 0 Å². The van der Waals surface area contributed by atoms with Crippen LogP contribution < -0.4 is 5.48 Å². The van der Waals surface area contributed by atoms with Crippen LogP contribution in [0.15, 0.2) is 0 Å². The number of rotatable bonds is 3. The Labute approximate surface area is 55.9 Å². The summed E-state index contributed by atoms with van der Waals surface area (Å²) in [5.74, 6) is 0. The minimum atomic E-state index is 0.565. The number of likely N-dealkylation sites (N-methyl/N-ethyl adjacent to an activating group) is 1. The molecule has 0 aliphatic carbocycles. The fourth-order valence-electron chi connectivity index (χ4n) is 0.975. The Morgan fingerprint density at radius 1 is 1.67 bits per heavy atom. The van der Waals surface area contributed by atoms with E-state index in [1.165, 1.54) is 0 Å². The molecular weight excluding hydrogens is 116 g/mol. The summed E-state index contributed by atoms with van der Waals surface area (Å²) >= 11 is 0. The molecule has 0 aromatic carbocycles. The van der Waals surface area contributed by atoms with Crippen LogP contribution in [-0.4, -0.2) is 37.7 Å². The number of hydrogen-bond donors (Lipinski definition) is 1. The van der Waals surface area contributed by atoms with Gasteiger partial charge in [0.05, 0.1) is 12.6 Å². The van der Waals surface area contributed by atoms with Crippen LogP contribution in [0, 0.1) is 0 Å². The van der Waals surface area contributed by atoms with E-state index in [1.807, 2.05) is 6.92 Å². The van der Waals surface area contributed by atoms with Crippen molar-refractivity contribution in [1.82, 2.24) is 10.4 Å². The molecule has 1 aliphatic rings. The summed E-state index contributed by atoms with van der Waals surface area (Å²) in [4.78, 5) is 7.26. The van der Waals surface area contributed by atoms with Gasteiger partial charge in [0, 0.05) is 13.1 Å². The fourth-order valence-corrected chi connectivity index (χ4v) is 0.975. The Hall–Kier alpha value is -0.120. The molecule has 54 valence electrons. The van der Waals surface area contributed by atoms with E-state index >= 15 is 0 Å². The predicted molar refractivity (Wildman–Crippen MR) is 36.0 cm³/mol. The lowest BCUT2D eigenvalue weighted by Gasteiger charge is -2.35. The van der Waals surface area contributed by atoms with E-state index < -0.39 is 0 Å². The van der Waals surface area contributed by atoms with E-state index in [9.17, 15) is 0 Å². The molecule has 1 heterocycles. The summed E-state index contributed by atoms with van der Waals surface area (Å²) in [6.45, 7) is 4.95. The molecule has 0 unspecified atom stereocenters. The second kappa shape index (κ2) is 3.15. The van der Waals surface area contributed by atoms with Crippen molar-refractivity contribution in [3.05, 3.63) is 0 Å². The maximum Gasteiger partial charge on any atom is 0.0654 e. The molecule has 1 saturated heterocycles. The van der Waals surface area contributed by atoms with Gasteiger partial charge in [-0.3, -0.25) is 0 Å². The molecule has 3 nitrogen and oxygen atoms in total. The molecule has 1 fully saturated rings. The highest BCUT2D eigenvalue weighted by molar-refractivity contribution is 4.80. The van der Waals surface area contributed by atoms with Crippen molar-refractivity contribution in [2.24, 2.45) is 0 Å².